The number of carbonyl (C=O) groups excluding carboxylic acids is 3. The third kappa shape index (κ3) is 8.49. The van der Waals surface area contributed by atoms with Crippen LogP contribution < -0.4 is 16.2 Å². The maximum absolute atomic E-state index is 12.6. The van der Waals surface area contributed by atoms with Crippen molar-refractivity contribution in [3.8, 4) is 11.1 Å². The summed E-state index contributed by atoms with van der Waals surface area (Å²) in [6.07, 6.45) is 14.0. The Kier molecular flexibility index (Phi) is 10.7. The first-order valence-corrected chi connectivity index (χ1v) is 15.9. The molecule has 5 rings (SSSR count). The van der Waals surface area contributed by atoms with Crippen LogP contribution in [0, 0.1) is 11.8 Å². The number of rotatable bonds is 6. The fourth-order valence-electron chi connectivity index (χ4n) is 6.66. The quantitative estimate of drug-likeness (QED) is 0.255. The highest BCUT2D eigenvalue weighted by atomic mass is 16.6. The van der Waals surface area contributed by atoms with Crippen molar-refractivity contribution in [2.24, 2.45) is 11.8 Å². The SMILES string of the molecule is O=C(NCCC(=O)OC1CCCCCCCCCCC2CC2C1)NNC(=O)OCC1c2ccccc2-c2ccccc21. The Hall–Kier alpha value is -3.55. The van der Waals surface area contributed by atoms with E-state index in [-0.39, 0.29) is 37.6 Å². The molecule has 2 saturated carbocycles. The van der Waals surface area contributed by atoms with E-state index in [1.807, 2.05) is 36.4 Å². The number of hydrogen-bond donors (Lipinski definition) is 3. The number of nitrogens with one attached hydrogen (secondary N) is 3. The van der Waals surface area contributed by atoms with Gasteiger partial charge in [0.05, 0.1) is 6.42 Å². The van der Waals surface area contributed by atoms with E-state index in [1.54, 1.807) is 0 Å². The van der Waals surface area contributed by atoms with Crippen molar-refractivity contribution in [3.63, 3.8) is 0 Å². The average molecular weight is 576 g/mol. The van der Waals surface area contributed by atoms with Gasteiger partial charge in [-0.05, 0) is 59.8 Å². The van der Waals surface area contributed by atoms with Crippen LogP contribution in [-0.4, -0.2) is 37.3 Å². The highest BCUT2D eigenvalue weighted by Gasteiger charge is 2.38. The Morgan fingerprint density at radius 3 is 2.02 bits per heavy atom. The Balaban J connectivity index is 0.982. The summed E-state index contributed by atoms with van der Waals surface area (Å²) in [5, 5.41) is 2.59. The normalized spacial score (nSPS) is 22.3. The van der Waals surface area contributed by atoms with Gasteiger partial charge >= 0.3 is 18.1 Å². The van der Waals surface area contributed by atoms with Crippen LogP contribution in [0.1, 0.15) is 101 Å². The zero-order chi connectivity index (χ0) is 29.1. The summed E-state index contributed by atoms with van der Waals surface area (Å²) >= 11 is 0. The first kappa shape index (κ1) is 29.9. The molecule has 0 aromatic heterocycles. The lowest BCUT2D eigenvalue weighted by atomic mass is 9.98. The van der Waals surface area contributed by atoms with Gasteiger partial charge in [-0.1, -0.05) is 99.9 Å². The van der Waals surface area contributed by atoms with Crippen LogP contribution in [0.3, 0.4) is 0 Å². The third-order valence-corrected chi connectivity index (χ3v) is 9.02. The van der Waals surface area contributed by atoms with E-state index in [9.17, 15) is 14.4 Å². The lowest BCUT2D eigenvalue weighted by molar-refractivity contribution is -0.149. The van der Waals surface area contributed by atoms with Crippen LogP contribution in [0.5, 0.6) is 0 Å². The molecular formula is C34H45N3O5. The molecule has 3 aliphatic carbocycles. The van der Waals surface area contributed by atoms with Crippen LogP contribution in [0.25, 0.3) is 11.1 Å². The molecule has 3 aliphatic rings. The van der Waals surface area contributed by atoms with Gasteiger partial charge in [0, 0.05) is 12.5 Å². The summed E-state index contributed by atoms with van der Waals surface area (Å²) in [6.45, 7) is 0.271. The van der Waals surface area contributed by atoms with E-state index in [4.69, 9.17) is 9.47 Å². The van der Waals surface area contributed by atoms with E-state index in [0.29, 0.717) is 5.92 Å². The Morgan fingerprint density at radius 1 is 0.714 bits per heavy atom. The van der Waals surface area contributed by atoms with E-state index >= 15 is 0 Å². The lowest BCUT2D eigenvalue weighted by Gasteiger charge is -2.19. The highest BCUT2D eigenvalue weighted by molar-refractivity contribution is 5.80. The molecule has 0 spiro atoms. The number of carbonyl (C=O) groups is 3. The molecule has 8 nitrogen and oxygen atoms in total. The maximum Gasteiger partial charge on any atom is 0.426 e. The molecule has 3 amide bonds. The monoisotopic (exact) mass is 575 g/mol. The van der Waals surface area contributed by atoms with Crippen LogP contribution in [0.4, 0.5) is 9.59 Å². The van der Waals surface area contributed by atoms with Crippen molar-refractivity contribution < 1.29 is 23.9 Å². The fraction of sp³-hybridized carbons (Fsp3) is 0.559. The first-order chi connectivity index (χ1) is 20.6. The molecule has 3 unspecified atom stereocenters. The van der Waals surface area contributed by atoms with Gasteiger partial charge in [-0.2, -0.15) is 0 Å². The van der Waals surface area contributed by atoms with Gasteiger partial charge in [0.15, 0.2) is 0 Å². The van der Waals surface area contributed by atoms with E-state index < -0.39 is 12.1 Å². The van der Waals surface area contributed by atoms with Gasteiger partial charge in [0.25, 0.3) is 0 Å². The number of ether oxygens (including phenoxy) is 2. The second kappa shape index (κ2) is 15.1. The Bertz CT molecular complexity index is 1170. The Morgan fingerprint density at radius 2 is 1.33 bits per heavy atom. The number of hydrogen-bond acceptors (Lipinski definition) is 5. The molecule has 3 atom stereocenters. The molecule has 0 bridgehead atoms. The molecule has 3 N–H and O–H groups in total. The van der Waals surface area contributed by atoms with Gasteiger partial charge in [-0.15, -0.1) is 0 Å². The van der Waals surface area contributed by atoms with Crippen LogP contribution in [0.15, 0.2) is 48.5 Å². The van der Waals surface area contributed by atoms with Gasteiger partial charge < -0.3 is 14.8 Å². The average Bonchev–Trinajstić information content (AvgIpc) is 3.65. The molecule has 2 fully saturated rings. The molecule has 226 valence electrons. The topological polar surface area (TPSA) is 106 Å². The predicted molar refractivity (Wildman–Crippen MR) is 162 cm³/mol. The minimum atomic E-state index is -0.751. The summed E-state index contributed by atoms with van der Waals surface area (Å²) in [4.78, 5) is 37.0. The van der Waals surface area contributed by atoms with Crippen molar-refractivity contribution in [2.75, 3.05) is 13.2 Å². The number of esters is 1. The minimum Gasteiger partial charge on any atom is -0.462 e. The van der Waals surface area contributed by atoms with E-state index in [0.717, 1.165) is 47.4 Å². The third-order valence-electron chi connectivity index (χ3n) is 9.02. The highest BCUT2D eigenvalue weighted by Crippen LogP contribution is 2.46. The second-order valence-electron chi connectivity index (χ2n) is 12.1. The lowest BCUT2D eigenvalue weighted by Crippen LogP contribution is -2.47. The standard InChI is InChI=1S/C34H45N3O5/c38-32(42-26-14-8-6-4-2-1-3-5-7-13-24-21-25(24)22-26)19-20-35-33(39)36-37-34(40)41-23-31-29-17-11-9-15-27(29)28-16-10-12-18-30(28)31/h9-12,15-18,24-26,31H,1-8,13-14,19-23H2,(H,37,40)(H2,35,36,39). The second-order valence-corrected chi connectivity index (χ2v) is 12.1. The van der Waals surface area contributed by atoms with Crippen molar-refractivity contribution >= 4 is 18.1 Å². The van der Waals surface area contributed by atoms with E-state index in [2.05, 4.69) is 28.3 Å². The Labute approximate surface area is 249 Å². The zero-order valence-electron chi connectivity index (χ0n) is 24.6. The van der Waals surface area contributed by atoms with Crippen LogP contribution in [-0.2, 0) is 14.3 Å². The van der Waals surface area contributed by atoms with Crippen LogP contribution >= 0.6 is 0 Å². The molecule has 0 aliphatic heterocycles. The van der Waals surface area contributed by atoms with Gasteiger partial charge in [-0.25, -0.2) is 20.4 Å². The molecule has 0 radical (unpaired) electrons. The molecule has 2 aromatic carbocycles. The predicted octanol–water partition coefficient (Wildman–Crippen LogP) is 6.98. The summed E-state index contributed by atoms with van der Waals surface area (Å²) in [6, 6.07) is 15.6. The maximum atomic E-state index is 12.6. The van der Waals surface area contributed by atoms with Crippen molar-refractivity contribution in [2.45, 2.75) is 95.5 Å². The summed E-state index contributed by atoms with van der Waals surface area (Å²) in [5.41, 5.74) is 9.07. The van der Waals surface area contributed by atoms with Crippen LogP contribution in [0.2, 0.25) is 0 Å². The number of urea groups is 1. The summed E-state index contributed by atoms with van der Waals surface area (Å²) < 4.78 is 11.3. The number of benzene rings is 2. The minimum absolute atomic E-state index is 0.0282. The number of fused-ring (bicyclic) bond motifs is 4. The van der Waals surface area contributed by atoms with Crippen molar-refractivity contribution in [1.29, 1.82) is 0 Å². The first-order valence-electron chi connectivity index (χ1n) is 15.9. The van der Waals surface area contributed by atoms with E-state index in [1.165, 1.54) is 57.8 Å². The largest absolute Gasteiger partial charge is 0.462 e. The van der Waals surface area contributed by atoms with Crippen molar-refractivity contribution in [3.05, 3.63) is 59.7 Å². The fourth-order valence-corrected chi connectivity index (χ4v) is 6.66. The van der Waals surface area contributed by atoms with Gasteiger partial charge in [-0.3, -0.25) is 4.79 Å². The summed E-state index contributed by atoms with van der Waals surface area (Å²) in [5.74, 6) is 1.15. The molecule has 8 heteroatoms. The molecule has 42 heavy (non-hydrogen) atoms. The number of amides is 3. The zero-order valence-corrected chi connectivity index (χ0v) is 24.6. The summed E-state index contributed by atoms with van der Waals surface area (Å²) in [7, 11) is 0. The van der Waals surface area contributed by atoms with Crippen molar-refractivity contribution in [1.82, 2.24) is 16.2 Å². The molecule has 2 aromatic rings. The molecule has 0 saturated heterocycles. The van der Waals surface area contributed by atoms with Gasteiger partial charge in [0.2, 0.25) is 0 Å². The molecular weight excluding hydrogens is 530 g/mol. The molecule has 0 heterocycles. The van der Waals surface area contributed by atoms with Gasteiger partial charge in [0.1, 0.15) is 12.7 Å². The smallest absolute Gasteiger partial charge is 0.426 e. The number of hydrazine groups is 1.